The Balaban J connectivity index is 1.15. The second kappa shape index (κ2) is 21.5. The molecule has 9 rings (SSSR count). The normalized spacial score (nSPS) is 18.2. The lowest BCUT2D eigenvalue weighted by atomic mass is 10.1. The number of hydrogen-bond acceptors (Lipinski definition) is 13. The van der Waals surface area contributed by atoms with Crippen molar-refractivity contribution < 1.29 is 14.2 Å². The lowest BCUT2D eigenvalue weighted by molar-refractivity contribution is 0.209. The SMILES string of the molecule is N#CCN1C/C=C/CCOc2cccc(c2)-c2ccnc(n2)N(C2C/C=C/CNCc3cccc(c3)Nc3nccc(n3)-c3cccc(c3)O2)c2ccc(OCCN3CCCC3)c(c2)C1. The number of nitrogens with one attached hydrogen (secondary N) is 2. The number of hydrogen-bond donors (Lipinski definition) is 2. The third-order valence-corrected chi connectivity index (χ3v) is 11.6. The summed E-state index contributed by atoms with van der Waals surface area (Å²) in [5.41, 5.74) is 7.10. The molecule has 0 aliphatic carbocycles. The first-order valence-corrected chi connectivity index (χ1v) is 22.5. The molecule has 0 spiro atoms. The van der Waals surface area contributed by atoms with Gasteiger partial charge in [-0.05, 0) is 105 Å². The van der Waals surface area contributed by atoms with Gasteiger partial charge in [0.1, 0.15) is 23.9 Å². The van der Waals surface area contributed by atoms with Crippen LogP contribution in [-0.4, -0.2) is 88.4 Å². The Kier molecular flexibility index (Phi) is 14.3. The van der Waals surface area contributed by atoms with Gasteiger partial charge in [0.25, 0.3) is 0 Å². The van der Waals surface area contributed by atoms with E-state index in [4.69, 9.17) is 29.2 Å². The van der Waals surface area contributed by atoms with E-state index in [0.717, 1.165) is 82.6 Å². The van der Waals surface area contributed by atoms with Crippen LogP contribution in [-0.2, 0) is 13.1 Å². The fourth-order valence-electron chi connectivity index (χ4n) is 8.32. The van der Waals surface area contributed by atoms with E-state index in [2.05, 4.69) is 85.0 Å². The summed E-state index contributed by atoms with van der Waals surface area (Å²) in [6, 6.07) is 36.7. The summed E-state index contributed by atoms with van der Waals surface area (Å²) in [5, 5.41) is 16.9. The number of rotatable bonds is 6. The van der Waals surface area contributed by atoms with Crippen molar-refractivity contribution in [3.63, 3.8) is 0 Å². The molecule has 0 radical (unpaired) electrons. The van der Waals surface area contributed by atoms with Gasteiger partial charge in [-0.25, -0.2) is 19.9 Å². The molecule has 1 unspecified atom stereocenters. The van der Waals surface area contributed by atoms with Crippen molar-refractivity contribution in [3.8, 4) is 45.8 Å². The van der Waals surface area contributed by atoms with Crippen molar-refractivity contribution >= 4 is 23.3 Å². The first-order chi connectivity index (χ1) is 32.1. The highest BCUT2D eigenvalue weighted by atomic mass is 16.5. The van der Waals surface area contributed by atoms with Crippen molar-refractivity contribution in [1.29, 1.82) is 5.26 Å². The number of benzene rings is 4. The average Bonchev–Trinajstić information content (AvgIpc) is 3.86. The predicted octanol–water partition coefficient (Wildman–Crippen LogP) is 9.08. The maximum Gasteiger partial charge on any atom is 0.233 e. The summed E-state index contributed by atoms with van der Waals surface area (Å²) in [7, 11) is 0. The van der Waals surface area contributed by atoms with Gasteiger partial charge in [-0.3, -0.25) is 14.7 Å². The number of likely N-dealkylation sites (tertiary alicyclic amines) is 1. The largest absolute Gasteiger partial charge is 0.493 e. The minimum Gasteiger partial charge on any atom is -0.493 e. The topological polar surface area (TPSA) is 137 Å². The first-order valence-electron chi connectivity index (χ1n) is 22.5. The van der Waals surface area contributed by atoms with E-state index in [1.165, 1.54) is 12.8 Å². The Morgan fingerprint density at radius 3 is 2.48 bits per heavy atom. The van der Waals surface area contributed by atoms with E-state index in [9.17, 15) is 5.26 Å². The van der Waals surface area contributed by atoms with Crippen LogP contribution in [0.1, 0.15) is 36.8 Å². The van der Waals surface area contributed by atoms with Crippen molar-refractivity contribution in [2.45, 2.75) is 45.0 Å². The molecule has 12 bridgehead atoms. The van der Waals surface area contributed by atoms with Crippen LogP contribution in [0.2, 0.25) is 0 Å². The van der Waals surface area contributed by atoms with Crippen LogP contribution in [0.4, 0.5) is 23.3 Å². The smallest absolute Gasteiger partial charge is 0.233 e. The van der Waals surface area contributed by atoms with E-state index in [1.807, 2.05) is 78.9 Å². The minimum absolute atomic E-state index is 0.246. The molecule has 13 heteroatoms. The molecule has 0 amide bonds. The van der Waals surface area contributed by atoms with Gasteiger partial charge in [0.05, 0.1) is 30.6 Å². The maximum absolute atomic E-state index is 9.99. The lowest BCUT2D eigenvalue weighted by Crippen LogP contribution is -2.37. The fraction of sp³-hybridized carbons (Fsp3) is 0.288. The van der Waals surface area contributed by atoms with Gasteiger partial charge in [0.15, 0.2) is 6.23 Å². The molecule has 2 aromatic heterocycles. The minimum atomic E-state index is -0.622. The van der Waals surface area contributed by atoms with Crippen LogP contribution in [0, 0.1) is 11.3 Å². The highest BCUT2D eigenvalue weighted by Crippen LogP contribution is 2.35. The van der Waals surface area contributed by atoms with Crippen LogP contribution >= 0.6 is 0 Å². The summed E-state index contributed by atoms with van der Waals surface area (Å²) in [4.78, 5) is 26.3. The molecule has 330 valence electrons. The van der Waals surface area contributed by atoms with Crippen molar-refractivity contribution in [1.82, 2.24) is 35.1 Å². The second-order valence-corrected chi connectivity index (χ2v) is 16.3. The quantitative estimate of drug-likeness (QED) is 0.122. The molecular weight excluding hydrogens is 813 g/mol. The first kappa shape index (κ1) is 43.2. The van der Waals surface area contributed by atoms with Crippen LogP contribution < -0.4 is 29.7 Å². The maximum atomic E-state index is 9.99. The highest BCUT2D eigenvalue weighted by molar-refractivity contribution is 5.67. The molecule has 4 aromatic carbocycles. The molecule has 5 heterocycles. The molecule has 3 aliphatic rings. The van der Waals surface area contributed by atoms with Gasteiger partial charge < -0.3 is 24.8 Å². The van der Waals surface area contributed by atoms with Crippen molar-refractivity contribution in [3.05, 3.63) is 151 Å². The van der Waals surface area contributed by atoms with E-state index < -0.39 is 6.23 Å². The standard InChI is InChI=1S/C52H54N10O3/c53-22-29-61-28-4-1-7-31-63-45-15-9-12-40(35-45)48-21-25-56-52(59-48)62(44-18-19-49(42(34-44)38-61)64-32-30-60-26-5-6-27-60)50-17-2-3-23-54-37-39-11-8-14-43(33-39)57-51-55-24-20-47(58-51)41-13-10-16-46(36-41)65-50/h1-4,8-16,18-21,24-25,33-36,50,54H,5-7,17,23,26-32,37-38H2,(H,55,57,58)/b3-2+,4-1+. The molecule has 6 aromatic rings. The molecule has 1 fully saturated rings. The zero-order valence-corrected chi connectivity index (χ0v) is 36.6. The van der Waals surface area contributed by atoms with E-state index in [0.29, 0.717) is 63.5 Å². The predicted molar refractivity (Wildman–Crippen MR) is 254 cm³/mol. The summed E-state index contributed by atoms with van der Waals surface area (Å²) in [5.74, 6) is 3.15. The zero-order chi connectivity index (χ0) is 44.0. The van der Waals surface area contributed by atoms with Gasteiger partial charge >= 0.3 is 0 Å². The Morgan fingerprint density at radius 2 is 1.60 bits per heavy atom. The second-order valence-electron chi connectivity index (χ2n) is 16.3. The molecule has 13 nitrogen and oxygen atoms in total. The number of aromatic nitrogens is 4. The van der Waals surface area contributed by atoms with Crippen LogP contribution in [0.15, 0.2) is 140 Å². The summed E-state index contributed by atoms with van der Waals surface area (Å²) < 4.78 is 19.9. The monoisotopic (exact) mass is 866 g/mol. The number of anilines is 4. The summed E-state index contributed by atoms with van der Waals surface area (Å²) >= 11 is 0. The number of nitrogens with zero attached hydrogens (tertiary/aromatic N) is 8. The summed E-state index contributed by atoms with van der Waals surface area (Å²) in [6.07, 6.45) is 15.1. The average molecular weight is 867 g/mol. The number of fused-ring (bicyclic) bond motifs is 14. The van der Waals surface area contributed by atoms with Gasteiger partial charge in [-0.1, -0.05) is 60.7 Å². The van der Waals surface area contributed by atoms with Gasteiger partial charge in [-0.2, -0.15) is 5.26 Å². The zero-order valence-electron chi connectivity index (χ0n) is 36.6. The molecule has 2 N–H and O–H groups in total. The molecule has 65 heavy (non-hydrogen) atoms. The van der Waals surface area contributed by atoms with Gasteiger partial charge in [-0.15, -0.1) is 0 Å². The Morgan fingerprint density at radius 1 is 0.785 bits per heavy atom. The number of nitriles is 1. The Bertz CT molecular complexity index is 2640. The molecule has 3 aliphatic heterocycles. The van der Waals surface area contributed by atoms with E-state index >= 15 is 0 Å². The molecule has 1 atom stereocenters. The Labute approximate surface area is 381 Å². The molecule has 1 saturated heterocycles. The summed E-state index contributed by atoms with van der Waals surface area (Å²) in [6.45, 7) is 6.78. The van der Waals surface area contributed by atoms with Crippen LogP contribution in [0.3, 0.4) is 0 Å². The van der Waals surface area contributed by atoms with Crippen molar-refractivity contribution in [2.24, 2.45) is 0 Å². The third-order valence-electron chi connectivity index (χ3n) is 11.6. The molecule has 0 saturated carbocycles. The van der Waals surface area contributed by atoms with Gasteiger partial charge in [0, 0.05) is 79.6 Å². The lowest BCUT2D eigenvalue weighted by Gasteiger charge is -2.33. The van der Waals surface area contributed by atoms with Gasteiger partial charge in [0.2, 0.25) is 11.9 Å². The highest BCUT2D eigenvalue weighted by Gasteiger charge is 2.27. The van der Waals surface area contributed by atoms with E-state index in [-0.39, 0.29) is 6.54 Å². The number of ether oxygens (including phenoxy) is 3. The third kappa shape index (κ3) is 11.5. The van der Waals surface area contributed by atoms with Crippen molar-refractivity contribution in [2.75, 3.05) is 62.7 Å². The van der Waals surface area contributed by atoms with Crippen LogP contribution in [0.25, 0.3) is 22.5 Å². The Hall–Kier alpha value is -7.11. The van der Waals surface area contributed by atoms with E-state index in [1.54, 1.807) is 12.4 Å². The molecular formula is C52H54N10O3. The van der Waals surface area contributed by atoms with Crippen LogP contribution in [0.5, 0.6) is 17.2 Å². The fourth-order valence-corrected chi connectivity index (χ4v) is 8.32.